The topological polar surface area (TPSA) is 47.0 Å². The number of halogens is 3. The number of alkyl halides is 3. The van der Waals surface area contributed by atoms with E-state index in [9.17, 15) is 13.2 Å². The first kappa shape index (κ1) is 14.6. The molecule has 2 aromatic rings. The van der Waals surface area contributed by atoms with Gasteiger partial charge < -0.3 is 10.1 Å². The third-order valence-corrected chi connectivity index (χ3v) is 3.47. The molecule has 0 aliphatic heterocycles. The van der Waals surface area contributed by atoms with E-state index in [-0.39, 0.29) is 5.13 Å². The molecule has 0 radical (unpaired) electrons. The number of hydrogen-bond donors (Lipinski definition) is 1. The Morgan fingerprint density at radius 3 is 2.65 bits per heavy atom. The van der Waals surface area contributed by atoms with Gasteiger partial charge in [0.15, 0.2) is 0 Å². The summed E-state index contributed by atoms with van der Waals surface area (Å²) in [5.74, 6) is 0.679. The number of methoxy groups -OCH3 is 1. The Balaban J connectivity index is 2.07. The molecular weight excluding hydrogens is 291 g/mol. The molecule has 2 rings (SSSR count). The van der Waals surface area contributed by atoms with Crippen LogP contribution in [0.3, 0.4) is 0 Å². The Bertz CT molecular complexity index is 598. The van der Waals surface area contributed by atoms with Crippen LogP contribution in [0.25, 0.3) is 0 Å². The number of aryl methyl sites for hydroxylation is 1. The SMILES string of the molecule is COc1cc(C)ccc1CNc1nnc(C(F)(F)F)s1. The van der Waals surface area contributed by atoms with Crippen LogP contribution in [0.4, 0.5) is 18.3 Å². The van der Waals surface area contributed by atoms with Crippen molar-refractivity contribution in [3.05, 3.63) is 34.3 Å². The van der Waals surface area contributed by atoms with Crippen molar-refractivity contribution in [1.29, 1.82) is 0 Å². The molecule has 0 unspecified atom stereocenters. The predicted octanol–water partition coefficient (Wildman–Crippen LogP) is 3.49. The lowest BCUT2D eigenvalue weighted by Gasteiger charge is -2.09. The maximum Gasteiger partial charge on any atom is 0.445 e. The van der Waals surface area contributed by atoms with E-state index in [1.165, 1.54) is 0 Å². The zero-order valence-electron chi connectivity index (χ0n) is 10.8. The number of nitrogens with zero attached hydrogens (tertiary/aromatic N) is 2. The van der Waals surface area contributed by atoms with Crippen LogP contribution < -0.4 is 10.1 Å². The number of ether oxygens (including phenoxy) is 1. The highest BCUT2D eigenvalue weighted by atomic mass is 32.1. The second-order valence-corrected chi connectivity index (χ2v) is 5.06. The molecule has 1 N–H and O–H groups in total. The number of hydrogen-bond acceptors (Lipinski definition) is 5. The minimum Gasteiger partial charge on any atom is -0.496 e. The summed E-state index contributed by atoms with van der Waals surface area (Å²) in [5.41, 5.74) is 1.88. The Morgan fingerprint density at radius 2 is 2.05 bits per heavy atom. The van der Waals surface area contributed by atoms with Gasteiger partial charge in [-0.05, 0) is 18.6 Å². The van der Waals surface area contributed by atoms with Crippen LogP contribution in [0.1, 0.15) is 16.1 Å². The van der Waals surface area contributed by atoms with Gasteiger partial charge in [0.2, 0.25) is 10.1 Å². The molecule has 0 saturated carbocycles. The summed E-state index contributed by atoms with van der Waals surface area (Å²) in [4.78, 5) is 0. The molecular formula is C12H12F3N3OS. The highest BCUT2D eigenvalue weighted by Crippen LogP contribution is 2.33. The number of nitrogens with one attached hydrogen (secondary N) is 1. The first-order chi connectivity index (χ1) is 9.40. The largest absolute Gasteiger partial charge is 0.496 e. The fourth-order valence-electron chi connectivity index (χ4n) is 1.58. The summed E-state index contributed by atoms with van der Waals surface area (Å²) in [5, 5.41) is 8.55. The first-order valence-electron chi connectivity index (χ1n) is 5.68. The van der Waals surface area contributed by atoms with Gasteiger partial charge in [-0.1, -0.05) is 23.5 Å². The number of benzene rings is 1. The highest BCUT2D eigenvalue weighted by Gasteiger charge is 2.35. The molecule has 108 valence electrons. The molecule has 8 heteroatoms. The lowest BCUT2D eigenvalue weighted by Crippen LogP contribution is -2.03. The molecule has 1 aromatic heterocycles. The summed E-state index contributed by atoms with van der Waals surface area (Å²) in [6, 6.07) is 5.62. The van der Waals surface area contributed by atoms with E-state index in [0.29, 0.717) is 23.6 Å². The fourth-order valence-corrected chi connectivity index (χ4v) is 2.18. The lowest BCUT2D eigenvalue weighted by atomic mass is 10.1. The van der Waals surface area contributed by atoms with Crippen molar-refractivity contribution in [2.45, 2.75) is 19.6 Å². The van der Waals surface area contributed by atoms with Crippen LogP contribution in [0.5, 0.6) is 5.75 Å². The zero-order valence-corrected chi connectivity index (χ0v) is 11.6. The molecule has 0 fully saturated rings. The van der Waals surface area contributed by atoms with Gasteiger partial charge in [0.1, 0.15) is 5.75 Å². The molecule has 0 saturated heterocycles. The third kappa shape index (κ3) is 3.38. The van der Waals surface area contributed by atoms with Crippen molar-refractivity contribution in [2.24, 2.45) is 0 Å². The van der Waals surface area contributed by atoms with Gasteiger partial charge in [0, 0.05) is 12.1 Å². The van der Waals surface area contributed by atoms with Crippen LogP contribution in [0, 0.1) is 6.92 Å². The van der Waals surface area contributed by atoms with Crippen molar-refractivity contribution in [1.82, 2.24) is 10.2 Å². The van der Waals surface area contributed by atoms with Crippen LogP contribution >= 0.6 is 11.3 Å². The molecule has 1 heterocycles. The molecule has 0 spiro atoms. The summed E-state index contributed by atoms with van der Waals surface area (Å²) in [6.45, 7) is 2.25. The van der Waals surface area contributed by atoms with Crippen LogP contribution in [-0.2, 0) is 12.7 Å². The maximum absolute atomic E-state index is 12.4. The van der Waals surface area contributed by atoms with E-state index in [1.54, 1.807) is 7.11 Å². The van der Waals surface area contributed by atoms with Crippen molar-refractivity contribution in [3.8, 4) is 5.75 Å². The van der Waals surface area contributed by atoms with Crippen molar-refractivity contribution in [3.63, 3.8) is 0 Å². The van der Waals surface area contributed by atoms with Crippen LogP contribution in [0.15, 0.2) is 18.2 Å². The van der Waals surface area contributed by atoms with Gasteiger partial charge in [-0.15, -0.1) is 10.2 Å². The van der Waals surface area contributed by atoms with Crippen LogP contribution in [-0.4, -0.2) is 17.3 Å². The van der Waals surface area contributed by atoms with E-state index in [0.717, 1.165) is 11.1 Å². The summed E-state index contributed by atoms with van der Waals surface area (Å²) >= 11 is 0.477. The van der Waals surface area contributed by atoms with Gasteiger partial charge in [-0.25, -0.2) is 0 Å². The average Bonchev–Trinajstić information content (AvgIpc) is 2.86. The molecule has 1 aromatic carbocycles. The normalized spacial score (nSPS) is 11.4. The monoisotopic (exact) mass is 303 g/mol. The number of rotatable bonds is 4. The smallest absolute Gasteiger partial charge is 0.445 e. The third-order valence-electron chi connectivity index (χ3n) is 2.54. The summed E-state index contributed by atoms with van der Waals surface area (Å²) in [6.07, 6.45) is -4.46. The molecule has 0 bridgehead atoms. The fraction of sp³-hybridized carbons (Fsp3) is 0.333. The van der Waals surface area contributed by atoms with Crippen LogP contribution in [0.2, 0.25) is 0 Å². The van der Waals surface area contributed by atoms with Gasteiger partial charge in [-0.3, -0.25) is 0 Å². The minimum absolute atomic E-state index is 0.125. The van der Waals surface area contributed by atoms with Crippen molar-refractivity contribution >= 4 is 16.5 Å². The van der Waals surface area contributed by atoms with E-state index in [4.69, 9.17) is 4.74 Å². The van der Waals surface area contributed by atoms with E-state index >= 15 is 0 Å². The van der Waals surface area contributed by atoms with Crippen molar-refractivity contribution < 1.29 is 17.9 Å². The Kier molecular flexibility index (Phi) is 4.12. The number of aromatic nitrogens is 2. The minimum atomic E-state index is -4.46. The molecule has 0 amide bonds. The first-order valence-corrected chi connectivity index (χ1v) is 6.50. The van der Waals surface area contributed by atoms with Gasteiger partial charge in [0.25, 0.3) is 0 Å². The number of anilines is 1. The average molecular weight is 303 g/mol. The van der Waals surface area contributed by atoms with E-state index in [1.807, 2.05) is 25.1 Å². The van der Waals surface area contributed by atoms with E-state index < -0.39 is 11.2 Å². The quantitative estimate of drug-likeness (QED) is 0.939. The van der Waals surface area contributed by atoms with Gasteiger partial charge >= 0.3 is 6.18 Å². The molecule has 20 heavy (non-hydrogen) atoms. The lowest BCUT2D eigenvalue weighted by molar-refractivity contribution is -0.138. The Labute approximate surface area is 117 Å². The maximum atomic E-state index is 12.4. The molecule has 0 aliphatic rings. The second-order valence-electron chi connectivity index (χ2n) is 4.08. The van der Waals surface area contributed by atoms with Gasteiger partial charge in [-0.2, -0.15) is 13.2 Å². The van der Waals surface area contributed by atoms with E-state index in [2.05, 4.69) is 15.5 Å². The predicted molar refractivity (Wildman–Crippen MR) is 70.0 cm³/mol. The zero-order chi connectivity index (χ0) is 14.8. The summed E-state index contributed by atoms with van der Waals surface area (Å²) in [7, 11) is 1.55. The second kappa shape index (κ2) is 5.66. The Morgan fingerprint density at radius 1 is 1.30 bits per heavy atom. The molecule has 0 aliphatic carbocycles. The van der Waals surface area contributed by atoms with Gasteiger partial charge in [0.05, 0.1) is 7.11 Å². The standard InChI is InChI=1S/C12H12F3N3OS/c1-7-3-4-8(9(5-7)19-2)6-16-11-18-17-10(20-11)12(13,14)15/h3-5H,6H2,1-2H3,(H,16,18). The summed E-state index contributed by atoms with van der Waals surface area (Å²) < 4.78 is 42.4. The van der Waals surface area contributed by atoms with Crippen molar-refractivity contribution in [2.75, 3.05) is 12.4 Å². The highest BCUT2D eigenvalue weighted by molar-refractivity contribution is 7.15. The molecule has 4 nitrogen and oxygen atoms in total. The Hall–Kier alpha value is -1.83. The molecule has 0 atom stereocenters.